The van der Waals surface area contributed by atoms with Crippen LogP contribution in [0.2, 0.25) is 0 Å². The second kappa shape index (κ2) is 6.16. The normalized spacial score (nSPS) is 14.0. The number of ether oxygens (including phenoxy) is 1. The van der Waals surface area contributed by atoms with E-state index in [1.54, 1.807) is 0 Å². The standard InChI is InChI=1S/C36H18BN3O/c1-2-10-20-19(9-1)29-22-12-7-17-27-32(22)40-34-23(13-8-18-28(34)41-27)37-30-21-11-3-4-14-24(21)38-25-15-5-6-16-26(25)39(36(30)38)33(20)31(37)35(29)40/h1-18H. The minimum atomic E-state index is 0.0840. The summed E-state index contributed by atoms with van der Waals surface area (Å²) in [6, 6.07) is 40.0. The highest BCUT2D eigenvalue weighted by atomic mass is 16.5. The average molecular weight is 519 g/mol. The van der Waals surface area contributed by atoms with Gasteiger partial charge < -0.3 is 9.30 Å². The third-order valence-electron chi connectivity index (χ3n) is 9.96. The van der Waals surface area contributed by atoms with Crippen LogP contribution in [0.3, 0.4) is 0 Å². The fraction of sp³-hybridized carbons (Fsp3) is 0. The van der Waals surface area contributed by atoms with E-state index >= 15 is 0 Å². The van der Waals surface area contributed by atoms with Crippen molar-refractivity contribution in [2.75, 3.05) is 0 Å². The van der Waals surface area contributed by atoms with Crippen LogP contribution in [0.15, 0.2) is 109 Å². The molecule has 0 atom stereocenters. The lowest BCUT2D eigenvalue weighted by atomic mass is 9.34. The molecular formula is C36H18BN3O. The van der Waals surface area contributed by atoms with Crippen molar-refractivity contribution in [2.45, 2.75) is 0 Å². The number of hydrogen-bond donors (Lipinski definition) is 0. The summed E-state index contributed by atoms with van der Waals surface area (Å²) in [7, 11) is 0. The number of nitrogens with zero attached hydrogens (tertiary/aromatic N) is 3. The quantitative estimate of drug-likeness (QED) is 0.209. The Morgan fingerprint density at radius 1 is 0.488 bits per heavy atom. The van der Waals surface area contributed by atoms with Crippen molar-refractivity contribution in [2.24, 2.45) is 0 Å². The molecule has 0 bridgehead atoms. The maximum atomic E-state index is 6.67. The summed E-state index contributed by atoms with van der Waals surface area (Å²) in [5, 5.41) is 6.49. The van der Waals surface area contributed by atoms with E-state index < -0.39 is 0 Å². The topological polar surface area (TPSA) is 23.5 Å². The maximum Gasteiger partial charge on any atom is 0.255 e. The molecule has 3 aliphatic rings. The SMILES string of the molecule is c1cc2c3c(c1)B1c4c(c5ccccc5c5c6cccc(c6n-3c45)O2)-n2c3ccccc3n3c4ccccc4c1c23. The molecule has 0 saturated carbocycles. The molecule has 6 aromatic carbocycles. The van der Waals surface area contributed by atoms with Crippen molar-refractivity contribution in [1.82, 2.24) is 13.5 Å². The molecule has 3 aliphatic heterocycles. The van der Waals surface area contributed by atoms with E-state index in [-0.39, 0.29) is 6.71 Å². The second-order valence-corrected chi connectivity index (χ2v) is 11.7. The molecule has 0 fully saturated rings. The molecule has 0 saturated heterocycles. The van der Waals surface area contributed by atoms with Crippen molar-refractivity contribution < 1.29 is 4.74 Å². The van der Waals surface area contributed by atoms with Crippen molar-refractivity contribution in [1.29, 1.82) is 0 Å². The first-order valence-corrected chi connectivity index (χ1v) is 14.3. The predicted molar refractivity (Wildman–Crippen MR) is 168 cm³/mol. The van der Waals surface area contributed by atoms with E-state index in [4.69, 9.17) is 4.74 Å². The average Bonchev–Trinajstić information content (AvgIpc) is 3.67. The third-order valence-corrected chi connectivity index (χ3v) is 9.96. The molecule has 3 aromatic heterocycles. The van der Waals surface area contributed by atoms with Gasteiger partial charge in [0, 0.05) is 16.2 Å². The minimum Gasteiger partial charge on any atom is -0.453 e. The molecule has 5 heteroatoms. The zero-order valence-corrected chi connectivity index (χ0v) is 21.7. The van der Waals surface area contributed by atoms with Gasteiger partial charge in [-0.3, -0.25) is 8.97 Å². The van der Waals surface area contributed by atoms with Gasteiger partial charge in [0.25, 0.3) is 6.71 Å². The number of aromatic nitrogens is 3. The van der Waals surface area contributed by atoms with Gasteiger partial charge >= 0.3 is 0 Å². The fourth-order valence-electron chi connectivity index (χ4n) is 8.67. The molecule has 0 radical (unpaired) electrons. The first-order valence-electron chi connectivity index (χ1n) is 14.3. The Morgan fingerprint density at radius 2 is 1.20 bits per heavy atom. The van der Waals surface area contributed by atoms with Crippen LogP contribution >= 0.6 is 0 Å². The van der Waals surface area contributed by atoms with E-state index in [1.807, 2.05) is 0 Å². The minimum absolute atomic E-state index is 0.0840. The molecule has 0 unspecified atom stereocenters. The first kappa shape index (κ1) is 19.6. The number of para-hydroxylation sites is 5. The van der Waals surface area contributed by atoms with E-state index in [9.17, 15) is 0 Å². The monoisotopic (exact) mass is 519 g/mol. The summed E-state index contributed by atoms with van der Waals surface area (Å²) in [6.07, 6.45) is 0. The molecule has 186 valence electrons. The van der Waals surface area contributed by atoms with E-state index in [2.05, 4.69) is 123 Å². The van der Waals surface area contributed by atoms with Gasteiger partial charge in [-0.1, -0.05) is 78.9 Å². The van der Waals surface area contributed by atoms with Gasteiger partial charge in [-0.2, -0.15) is 0 Å². The van der Waals surface area contributed by atoms with Crippen LogP contribution < -0.4 is 21.1 Å². The van der Waals surface area contributed by atoms with Gasteiger partial charge in [0.05, 0.1) is 39.0 Å². The smallest absolute Gasteiger partial charge is 0.255 e. The molecule has 0 aliphatic carbocycles. The highest BCUT2D eigenvalue weighted by molar-refractivity contribution is 7.01. The van der Waals surface area contributed by atoms with Gasteiger partial charge in [0.1, 0.15) is 5.65 Å². The molecule has 41 heavy (non-hydrogen) atoms. The van der Waals surface area contributed by atoms with Gasteiger partial charge in [0.15, 0.2) is 11.5 Å². The van der Waals surface area contributed by atoms with E-state index in [0.29, 0.717) is 0 Å². The third kappa shape index (κ3) is 1.88. The van der Waals surface area contributed by atoms with Crippen LogP contribution in [-0.4, -0.2) is 20.2 Å². The Bertz CT molecular complexity index is 2740. The molecule has 4 nitrogen and oxygen atoms in total. The highest BCUT2D eigenvalue weighted by Gasteiger charge is 2.45. The Kier molecular flexibility index (Phi) is 2.95. The van der Waals surface area contributed by atoms with Gasteiger partial charge in [-0.05, 0) is 57.5 Å². The van der Waals surface area contributed by atoms with Crippen molar-refractivity contribution >= 4 is 83.3 Å². The van der Waals surface area contributed by atoms with Gasteiger partial charge in [0.2, 0.25) is 0 Å². The molecule has 0 N–H and O–H groups in total. The Morgan fingerprint density at radius 3 is 2.10 bits per heavy atom. The second-order valence-electron chi connectivity index (χ2n) is 11.7. The van der Waals surface area contributed by atoms with Crippen LogP contribution in [-0.2, 0) is 0 Å². The number of imidazole rings is 1. The zero-order chi connectivity index (χ0) is 26.1. The fourth-order valence-corrected chi connectivity index (χ4v) is 8.67. The number of benzene rings is 6. The molecule has 6 heterocycles. The maximum absolute atomic E-state index is 6.67. The van der Waals surface area contributed by atoms with Crippen molar-refractivity contribution in [3.8, 4) is 22.9 Å². The molecule has 0 spiro atoms. The van der Waals surface area contributed by atoms with Crippen LogP contribution in [0.4, 0.5) is 0 Å². The molecular weight excluding hydrogens is 501 g/mol. The summed E-state index contributed by atoms with van der Waals surface area (Å²) in [5.41, 5.74) is 14.1. The summed E-state index contributed by atoms with van der Waals surface area (Å²) >= 11 is 0. The van der Waals surface area contributed by atoms with Gasteiger partial charge in [-0.25, -0.2) is 0 Å². The highest BCUT2D eigenvalue weighted by Crippen LogP contribution is 2.49. The lowest BCUT2D eigenvalue weighted by Gasteiger charge is -2.35. The van der Waals surface area contributed by atoms with Crippen LogP contribution in [0.1, 0.15) is 0 Å². The van der Waals surface area contributed by atoms with Crippen molar-refractivity contribution in [3.05, 3.63) is 109 Å². The summed E-state index contributed by atoms with van der Waals surface area (Å²) in [4.78, 5) is 0. The first-order chi connectivity index (χ1) is 20.4. The Labute approximate surface area is 233 Å². The summed E-state index contributed by atoms with van der Waals surface area (Å²) in [5.74, 6) is 1.87. The molecule has 12 rings (SSSR count). The van der Waals surface area contributed by atoms with Crippen LogP contribution in [0, 0.1) is 0 Å². The largest absolute Gasteiger partial charge is 0.453 e. The Balaban J connectivity index is 1.50. The lowest BCUT2D eigenvalue weighted by molar-refractivity contribution is 0.477. The van der Waals surface area contributed by atoms with Crippen LogP contribution in [0.5, 0.6) is 11.5 Å². The summed E-state index contributed by atoms with van der Waals surface area (Å²) in [6.45, 7) is 0.0840. The van der Waals surface area contributed by atoms with Gasteiger partial charge in [-0.15, -0.1) is 0 Å². The Hall–Kier alpha value is -5.42. The zero-order valence-electron chi connectivity index (χ0n) is 21.7. The van der Waals surface area contributed by atoms with Crippen LogP contribution in [0.25, 0.3) is 71.5 Å². The van der Waals surface area contributed by atoms with Crippen molar-refractivity contribution in [3.63, 3.8) is 0 Å². The number of rotatable bonds is 0. The number of fused-ring (bicyclic) bond motifs is 13. The summed E-state index contributed by atoms with van der Waals surface area (Å²) < 4.78 is 14.3. The lowest BCUT2D eigenvalue weighted by Crippen LogP contribution is -2.59. The van der Waals surface area contributed by atoms with E-state index in [1.165, 1.54) is 87.9 Å². The number of hydrogen-bond acceptors (Lipinski definition) is 1. The molecule has 9 aromatic rings. The van der Waals surface area contributed by atoms with E-state index in [0.717, 1.165) is 11.5 Å². The molecule has 0 amide bonds. The predicted octanol–water partition coefficient (Wildman–Crippen LogP) is 6.54.